The highest BCUT2D eigenvalue weighted by molar-refractivity contribution is 5.89. The maximum Gasteiger partial charge on any atom is 0.307 e. The van der Waals surface area contributed by atoms with E-state index in [-0.39, 0.29) is 23.1 Å². The zero-order chi connectivity index (χ0) is 14.3. The van der Waals surface area contributed by atoms with E-state index >= 15 is 0 Å². The second-order valence-electron chi connectivity index (χ2n) is 5.79. The molecule has 2 fully saturated rings. The standard InChI is InChI=1S/C15H16FNO3/c16-10-3-1-9(2-4-10)15(5-6-15)8-17-13(18)11-7-12(11)14(19)20/h1-4,11-12H,5-8H2,(H,17,18)(H,19,20)/t11-,12+/m0/s1. The van der Waals surface area contributed by atoms with Crippen LogP contribution in [-0.4, -0.2) is 23.5 Å². The van der Waals surface area contributed by atoms with Crippen molar-refractivity contribution >= 4 is 11.9 Å². The predicted molar refractivity (Wildman–Crippen MR) is 69.6 cm³/mol. The average Bonchev–Trinajstić information content (AvgIpc) is 3.30. The fourth-order valence-corrected chi connectivity index (χ4v) is 2.67. The lowest BCUT2D eigenvalue weighted by atomic mass is 9.96. The van der Waals surface area contributed by atoms with E-state index in [1.54, 1.807) is 12.1 Å². The van der Waals surface area contributed by atoms with Gasteiger partial charge in [-0.05, 0) is 37.0 Å². The SMILES string of the molecule is O=C(NCC1(c2ccc(F)cc2)CC1)[C@H]1C[C@H]1C(=O)O. The molecule has 1 aromatic rings. The van der Waals surface area contributed by atoms with Gasteiger partial charge in [0.25, 0.3) is 0 Å². The monoisotopic (exact) mass is 277 g/mol. The third kappa shape index (κ3) is 2.40. The smallest absolute Gasteiger partial charge is 0.307 e. The van der Waals surface area contributed by atoms with Crippen LogP contribution in [0.2, 0.25) is 0 Å². The highest BCUT2D eigenvalue weighted by Gasteiger charge is 2.50. The quantitative estimate of drug-likeness (QED) is 0.860. The van der Waals surface area contributed by atoms with Crippen LogP contribution in [0.25, 0.3) is 0 Å². The van der Waals surface area contributed by atoms with Gasteiger partial charge in [-0.3, -0.25) is 9.59 Å². The van der Waals surface area contributed by atoms with Crippen LogP contribution in [0.4, 0.5) is 4.39 Å². The number of benzene rings is 1. The zero-order valence-electron chi connectivity index (χ0n) is 10.9. The second-order valence-corrected chi connectivity index (χ2v) is 5.79. The fraction of sp³-hybridized carbons (Fsp3) is 0.467. The summed E-state index contributed by atoms with van der Waals surface area (Å²) >= 11 is 0. The molecule has 1 aromatic carbocycles. The Balaban J connectivity index is 1.57. The molecule has 5 heteroatoms. The number of carbonyl (C=O) groups is 2. The molecule has 106 valence electrons. The van der Waals surface area contributed by atoms with Crippen molar-refractivity contribution in [2.75, 3.05) is 6.54 Å². The highest BCUT2D eigenvalue weighted by Crippen LogP contribution is 2.48. The van der Waals surface area contributed by atoms with Crippen molar-refractivity contribution in [3.63, 3.8) is 0 Å². The molecule has 0 spiro atoms. The van der Waals surface area contributed by atoms with E-state index in [0.29, 0.717) is 13.0 Å². The third-order valence-corrected chi connectivity index (χ3v) is 4.36. The van der Waals surface area contributed by atoms with Gasteiger partial charge in [0.1, 0.15) is 5.82 Å². The molecule has 0 radical (unpaired) electrons. The minimum atomic E-state index is -0.898. The predicted octanol–water partition coefficient (Wildman–Crippen LogP) is 1.69. The Bertz CT molecular complexity index is 551. The lowest BCUT2D eigenvalue weighted by Gasteiger charge is -2.16. The molecule has 3 rings (SSSR count). The molecule has 2 aliphatic rings. The molecule has 2 atom stereocenters. The van der Waals surface area contributed by atoms with Gasteiger partial charge >= 0.3 is 5.97 Å². The van der Waals surface area contributed by atoms with Gasteiger partial charge in [-0.15, -0.1) is 0 Å². The van der Waals surface area contributed by atoms with Crippen LogP contribution in [0.5, 0.6) is 0 Å². The Morgan fingerprint density at radius 2 is 1.90 bits per heavy atom. The molecule has 20 heavy (non-hydrogen) atoms. The summed E-state index contributed by atoms with van der Waals surface area (Å²) in [6.07, 6.45) is 2.36. The normalized spacial score (nSPS) is 25.9. The average molecular weight is 277 g/mol. The fourth-order valence-electron chi connectivity index (χ4n) is 2.67. The van der Waals surface area contributed by atoms with Crippen LogP contribution >= 0.6 is 0 Å². The molecule has 4 nitrogen and oxygen atoms in total. The number of halogens is 1. The molecule has 0 aromatic heterocycles. The lowest BCUT2D eigenvalue weighted by Crippen LogP contribution is -2.34. The van der Waals surface area contributed by atoms with Gasteiger partial charge in [-0.1, -0.05) is 12.1 Å². The largest absolute Gasteiger partial charge is 0.481 e. The number of hydrogen-bond donors (Lipinski definition) is 2. The summed E-state index contributed by atoms with van der Waals surface area (Å²) in [7, 11) is 0. The second kappa shape index (κ2) is 4.58. The topological polar surface area (TPSA) is 66.4 Å². The van der Waals surface area contributed by atoms with Crippen molar-refractivity contribution in [3.05, 3.63) is 35.6 Å². The van der Waals surface area contributed by atoms with Gasteiger partial charge in [-0.2, -0.15) is 0 Å². The van der Waals surface area contributed by atoms with E-state index in [1.807, 2.05) is 0 Å². The van der Waals surface area contributed by atoms with Crippen LogP contribution in [0.3, 0.4) is 0 Å². The van der Waals surface area contributed by atoms with Crippen LogP contribution in [-0.2, 0) is 15.0 Å². The summed E-state index contributed by atoms with van der Waals surface area (Å²) in [5.74, 6) is -2.24. The van der Waals surface area contributed by atoms with Gasteiger partial charge in [0.15, 0.2) is 0 Å². The Kier molecular flexibility index (Phi) is 3.00. The molecule has 0 unspecified atom stereocenters. The molecule has 2 aliphatic carbocycles. The summed E-state index contributed by atoms with van der Waals surface area (Å²) in [6, 6.07) is 6.37. The van der Waals surface area contributed by atoms with Crippen LogP contribution in [0, 0.1) is 17.7 Å². The van der Waals surface area contributed by atoms with E-state index < -0.39 is 11.9 Å². The molecule has 0 bridgehead atoms. The van der Waals surface area contributed by atoms with Gasteiger partial charge in [0.2, 0.25) is 5.91 Å². The number of carboxylic acids is 1. The number of hydrogen-bond acceptors (Lipinski definition) is 2. The van der Waals surface area contributed by atoms with E-state index in [2.05, 4.69) is 5.32 Å². The minimum absolute atomic E-state index is 0.0863. The van der Waals surface area contributed by atoms with Gasteiger partial charge in [0.05, 0.1) is 11.8 Å². The van der Waals surface area contributed by atoms with Crippen molar-refractivity contribution in [2.45, 2.75) is 24.7 Å². The third-order valence-electron chi connectivity index (χ3n) is 4.36. The van der Waals surface area contributed by atoms with Gasteiger partial charge < -0.3 is 10.4 Å². The van der Waals surface area contributed by atoms with Crippen molar-refractivity contribution < 1.29 is 19.1 Å². The zero-order valence-corrected chi connectivity index (χ0v) is 10.9. The summed E-state index contributed by atoms with van der Waals surface area (Å²) in [6.45, 7) is 0.500. The van der Waals surface area contributed by atoms with Crippen molar-refractivity contribution in [1.29, 1.82) is 0 Å². The van der Waals surface area contributed by atoms with Gasteiger partial charge in [0, 0.05) is 12.0 Å². The molecule has 2 saturated carbocycles. The van der Waals surface area contributed by atoms with Crippen molar-refractivity contribution in [2.24, 2.45) is 11.8 Å². The number of aliphatic carboxylic acids is 1. The first-order chi connectivity index (χ1) is 9.52. The van der Waals surface area contributed by atoms with Crippen LogP contribution in [0.15, 0.2) is 24.3 Å². The molecule has 0 saturated heterocycles. The Labute approximate surface area is 116 Å². The van der Waals surface area contributed by atoms with Crippen LogP contribution < -0.4 is 5.32 Å². The molecule has 1 amide bonds. The Hall–Kier alpha value is -1.91. The molecular formula is C15H16FNO3. The molecule has 0 aliphatic heterocycles. The highest BCUT2D eigenvalue weighted by atomic mass is 19.1. The number of amides is 1. The molecular weight excluding hydrogens is 261 g/mol. The van der Waals surface area contributed by atoms with E-state index in [1.165, 1.54) is 12.1 Å². The maximum absolute atomic E-state index is 12.9. The molecule has 0 heterocycles. The number of carbonyl (C=O) groups excluding carboxylic acids is 1. The van der Waals surface area contributed by atoms with Gasteiger partial charge in [-0.25, -0.2) is 4.39 Å². The Morgan fingerprint density at radius 3 is 2.40 bits per heavy atom. The van der Waals surface area contributed by atoms with Crippen molar-refractivity contribution in [1.82, 2.24) is 5.32 Å². The number of carboxylic acid groups (broad SMARTS) is 1. The first kappa shape index (κ1) is 13.1. The number of rotatable bonds is 5. The maximum atomic E-state index is 12.9. The van der Waals surface area contributed by atoms with E-state index in [0.717, 1.165) is 18.4 Å². The first-order valence-corrected chi connectivity index (χ1v) is 6.78. The summed E-state index contributed by atoms with van der Waals surface area (Å²) < 4.78 is 12.9. The summed E-state index contributed by atoms with van der Waals surface area (Å²) in [5, 5.41) is 11.7. The first-order valence-electron chi connectivity index (χ1n) is 6.78. The summed E-state index contributed by atoms with van der Waals surface area (Å²) in [4.78, 5) is 22.6. The van der Waals surface area contributed by atoms with E-state index in [4.69, 9.17) is 5.11 Å². The lowest BCUT2D eigenvalue weighted by molar-refractivity contribution is -0.140. The number of nitrogens with one attached hydrogen (secondary N) is 1. The van der Waals surface area contributed by atoms with Crippen molar-refractivity contribution in [3.8, 4) is 0 Å². The van der Waals surface area contributed by atoms with E-state index in [9.17, 15) is 14.0 Å². The Morgan fingerprint density at radius 1 is 1.25 bits per heavy atom. The van der Waals surface area contributed by atoms with Crippen LogP contribution in [0.1, 0.15) is 24.8 Å². The minimum Gasteiger partial charge on any atom is -0.481 e. The summed E-state index contributed by atoms with van der Waals surface area (Å²) in [5.41, 5.74) is 0.946. The molecule has 2 N–H and O–H groups in total.